The summed E-state index contributed by atoms with van der Waals surface area (Å²) in [6, 6.07) is 0. The molecule has 0 aliphatic heterocycles. The summed E-state index contributed by atoms with van der Waals surface area (Å²) in [6.07, 6.45) is 2.40. The highest BCUT2D eigenvalue weighted by Crippen LogP contribution is 2.05. The Morgan fingerprint density at radius 3 is 2.53 bits per heavy atom. The number of nitrogens with zero attached hydrogens (tertiary/aromatic N) is 3. The SMILES string of the molecule is CCCN(CCC)C(=O)Cc1nncs1. The molecule has 1 amide bonds. The largest absolute Gasteiger partial charge is 0.342 e. The Morgan fingerprint density at radius 2 is 2.07 bits per heavy atom. The van der Waals surface area contributed by atoms with Crippen molar-refractivity contribution in [2.75, 3.05) is 13.1 Å². The van der Waals surface area contributed by atoms with Crippen molar-refractivity contribution in [3.8, 4) is 0 Å². The third kappa shape index (κ3) is 3.95. The second kappa shape index (κ2) is 6.50. The number of aromatic nitrogens is 2. The standard InChI is InChI=1S/C10H17N3OS/c1-3-5-13(6-4-2)10(14)7-9-12-11-8-15-9/h8H,3-7H2,1-2H3. The monoisotopic (exact) mass is 227 g/mol. The van der Waals surface area contributed by atoms with Gasteiger partial charge < -0.3 is 4.90 Å². The summed E-state index contributed by atoms with van der Waals surface area (Å²) >= 11 is 1.44. The van der Waals surface area contributed by atoms with Crippen molar-refractivity contribution in [1.29, 1.82) is 0 Å². The minimum absolute atomic E-state index is 0.162. The van der Waals surface area contributed by atoms with Crippen LogP contribution < -0.4 is 0 Å². The fraction of sp³-hybridized carbons (Fsp3) is 0.700. The van der Waals surface area contributed by atoms with Crippen LogP contribution in [-0.2, 0) is 11.2 Å². The zero-order valence-corrected chi connectivity index (χ0v) is 10.1. The molecule has 0 bridgehead atoms. The van der Waals surface area contributed by atoms with Crippen LogP contribution in [0.15, 0.2) is 5.51 Å². The van der Waals surface area contributed by atoms with Gasteiger partial charge in [-0.1, -0.05) is 13.8 Å². The maximum Gasteiger partial charge on any atom is 0.229 e. The van der Waals surface area contributed by atoms with E-state index < -0.39 is 0 Å². The van der Waals surface area contributed by atoms with Gasteiger partial charge in [0.15, 0.2) is 0 Å². The van der Waals surface area contributed by atoms with Crippen LogP contribution in [0, 0.1) is 0 Å². The second-order valence-electron chi connectivity index (χ2n) is 3.39. The molecule has 1 rings (SSSR count). The first-order valence-electron chi connectivity index (χ1n) is 5.30. The van der Waals surface area contributed by atoms with Crippen LogP contribution in [0.4, 0.5) is 0 Å². The van der Waals surface area contributed by atoms with Gasteiger partial charge in [0, 0.05) is 13.1 Å². The lowest BCUT2D eigenvalue weighted by Crippen LogP contribution is -2.33. The summed E-state index contributed by atoms with van der Waals surface area (Å²) in [7, 11) is 0. The normalized spacial score (nSPS) is 10.3. The molecule has 0 aliphatic rings. The van der Waals surface area contributed by atoms with Gasteiger partial charge in [-0.2, -0.15) is 0 Å². The molecule has 0 saturated heterocycles. The number of hydrogen-bond acceptors (Lipinski definition) is 4. The molecule has 84 valence electrons. The molecular formula is C10H17N3OS. The summed E-state index contributed by atoms with van der Waals surface area (Å²) in [6.45, 7) is 5.85. The van der Waals surface area contributed by atoms with E-state index in [1.54, 1.807) is 5.51 Å². The second-order valence-corrected chi connectivity index (χ2v) is 4.31. The van der Waals surface area contributed by atoms with Crippen LogP contribution in [0.2, 0.25) is 0 Å². The van der Waals surface area contributed by atoms with E-state index in [0.29, 0.717) is 6.42 Å². The van der Waals surface area contributed by atoms with Crippen molar-refractivity contribution >= 4 is 17.2 Å². The zero-order valence-electron chi connectivity index (χ0n) is 9.27. The van der Waals surface area contributed by atoms with Crippen molar-refractivity contribution in [2.24, 2.45) is 0 Å². The van der Waals surface area contributed by atoms with Crippen LogP contribution in [0.25, 0.3) is 0 Å². The van der Waals surface area contributed by atoms with Crippen molar-refractivity contribution < 1.29 is 4.79 Å². The van der Waals surface area contributed by atoms with Gasteiger partial charge in [0.2, 0.25) is 5.91 Å². The fourth-order valence-electron chi connectivity index (χ4n) is 1.42. The molecule has 1 aromatic rings. The molecule has 1 aromatic heterocycles. The zero-order chi connectivity index (χ0) is 11.1. The molecule has 0 unspecified atom stereocenters. The highest BCUT2D eigenvalue weighted by Gasteiger charge is 2.13. The minimum atomic E-state index is 0.162. The van der Waals surface area contributed by atoms with Crippen molar-refractivity contribution in [3.63, 3.8) is 0 Å². The molecule has 0 aromatic carbocycles. The fourth-order valence-corrected chi connectivity index (χ4v) is 1.93. The van der Waals surface area contributed by atoms with Crippen LogP contribution >= 0.6 is 11.3 Å². The Labute approximate surface area is 94.3 Å². The van der Waals surface area contributed by atoms with Crippen molar-refractivity contribution in [1.82, 2.24) is 15.1 Å². The van der Waals surface area contributed by atoms with Gasteiger partial charge in [0.25, 0.3) is 0 Å². The molecule has 0 fully saturated rings. The molecule has 4 nitrogen and oxygen atoms in total. The first kappa shape index (κ1) is 12.1. The Hall–Kier alpha value is -0.970. The molecular weight excluding hydrogens is 210 g/mol. The molecule has 0 radical (unpaired) electrons. The maximum atomic E-state index is 11.9. The summed E-state index contributed by atoms with van der Waals surface area (Å²) in [5.74, 6) is 0.162. The number of amides is 1. The predicted molar refractivity (Wildman–Crippen MR) is 60.8 cm³/mol. The summed E-state index contributed by atoms with van der Waals surface area (Å²) < 4.78 is 0. The molecule has 1 heterocycles. The molecule has 0 atom stereocenters. The van der Waals surface area contributed by atoms with E-state index in [4.69, 9.17) is 0 Å². The Bertz CT molecular complexity index is 281. The van der Waals surface area contributed by atoms with Gasteiger partial charge in [-0.15, -0.1) is 21.5 Å². The van der Waals surface area contributed by atoms with E-state index >= 15 is 0 Å². The Morgan fingerprint density at radius 1 is 1.40 bits per heavy atom. The van der Waals surface area contributed by atoms with Crippen molar-refractivity contribution in [3.05, 3.63) is 10.5 Å². The minimum Gasteiger partial charge on any atom is -0.342 e. The summed E-state index contributed by atoms with van der Waals surface area (Å²) in [5, 5.41) is 8.41. The van der Waals surface area contributed by atoms with E-state index in [0.717, 1.165) is 30.9 Å². The lowest BCUT2D eigenvalue weighted by Gasteiger charge is -2.20. The van der Waals surface area contributed by atoms with E-state index in [9.17, 15) is 4.79 Å². The highest BCUT2D eigenvalue weighted by atomic mass is 32.1. The summed E-state index contributed by atoms with van der Waals surface area (Å²) in [4.78, 5) is 13.8. The molecule has 15 heavy (non-hydrogen) atoms. The topological polar surface area (TPSA) is 46.1 Å². The van der Waals surface area contributed by atoms with Gasteiger partial charge in [-0.25, -0.2) is 0 Å². The lowest BCUT2D eigenvalue weighted by molar-refractivity contribution is -0.130. The van der Waals surface area contributed by atoms with E-state index in [1.807, 2.05) is 4.90 Å². The van der Waals surface area contributed by atoms with Gasteiger partial charge in [-0.3, -0.25) is 4.79 Å². The molecule has 5 heteroatoms. The lowest BCUT2D eigenvalue weighted by atomic mass is 10.3. The molecule has 0 spiro atoms. The van der Waals surface area contributed by atoms with Crippen LogP contribution in [0.3, 0.4) is 0 Å². The number of hydrogen-bond donors (Lipinski definition) is 0. The average molecular weight is 227 g/mol. The molecule has 0 aliphatic carbocycles. The highest BCUT2D eigenvalue weighted by molar-refractivity contribution is 7.09. The van der Waals surface area contributed by atoms with Gasteiger partial charge >= 0.3 is 0 Å². The quantitative estimate of drug-likeness (QED) is 0.743. The van der Waals surface area contributed by atoms with Gasteiger partial charge in [-0.05, 0) is 12.8 Å². The summed E-state index contributed by atoms with van der Waals surface area (Å²) in [5.41, 5.74) is 1.66. The maximum absolute atomic E-state index is 11.9. The van der Waals surface area contributed by atoms with Crippen LogP contribution in [-0.4, -0.2) is 34.1 Å². The number of carbonyl (C=O) groups excluding carboxylic acids is 1. The molecule has 0 N–H and O–H groups in total. The third-order valence-corrected chi connectivity index (χ3v) is 2.75. The smallest absolute Gasteiger partial charge is 0.229 e. The molecule has 0 saturated carbocycles. The van der Waals surface area contributed by atoms with E-state index in [-0.39, 0.29) is 5.91 Å². The van der Waals surface area contributed by atoms with Crippen molar-refractivity contribution in [2.45, 2.75) is 33.1 Å². The predicted octanol–water partition coefficient (Wildman–Crippen LogP) is 1.73. The first-order chi connectivity index (χ1) is 7.27. The Balaban J connectivity index is 2.48. The average Bonchev–Trinajstić information content (AvgIpc) is 2.70. The van der Waals surface area contributed by atoms with E-state index in [2.05, 4.69) is 24.0 Å². The third-order valence-electron chi connectivity index (χ3n) is 2.05. The Kier molecular flexibility index (Phi) is 5.25. The number of rotatable bonds is 6. The van der Waals surface area contributed by atoms with Gasteiger partial charge in [0.05, 0.1) is 6.42 Å². The van der Waals surface area contributed by atoms with Crippen LogP contribution in [0.1, 0.15) is 31.7 Å². The van der Waals surface area contributed by atoms with E-state index in [1.165, 1.54) is 11.3 Å². The number of carbonyl (C=O) groups is 1. The first-order valence-corrected chi connectivity index (χ1v) is 6.18. The van der Waals surface area contributed by atoms with Crippen LogP contribution in [0.5, 0.6) is 0 Å². The van der Waals surface area contributed by atoms with Gasteiger partial charge in [0.1, 0.15) is 10.5 Å².